The van der Waals surface area contributed by atoms with Crippen molar-refractivity contribution in [1.29, 1.82) is 0 Å². The van der Waals surface area contributed by atoms with Gasteiger partial charge in [-0.3, -0.25) is 4.79 Å². The zero-order chi connectivity index (χ0) is 15.3. The SMILES string of the molecule is CCCN1C(=O)C2(CCS(=O)(=O)CC2)c2cc(Br)ccc21. The molecule has 114 valence electrons. The number of carbonyl (C=O) groups excluding carboxylic acids is 1. The van der Waals surface area contributed by atoms with Gasteiger partial charge in [0.15, 0.2) is 0 Å². The molecule has 0 radical (unpaired) electrons. The number of fused-ring (bicyclic) bond motifs is 2. The van der Waals surface area contributed by atoms with E-state index in [0.29, 0.717) is 19.4 Å². The second kappa shape index (κ2) is 5.09. The summed E-state index contributed by atoms with van der Waals surface area (Å²) >= 11 is 3.47. The predicted molar refractivity (Wildman–Crippen MR) is 86.4 cm³/mol. The van der Waals surface area contributed by atoms with Crippen LogP contribution in [0.4, 0.5) is 5.69 Å². The fourth-order valence-electron chi connectivity index (χ4n) is 3.43. The Bertz CT molecular complexity index is 685. The molecule has 0 atom stereocenters. The van der Waals surface area contributed by atoms with E-state index in [1.807, 2.05) is 30.0 Å². The number of carbonyl (C=O) groups is 1. The number of amides is 1. The Morgan fingerprint density at radius 1 is 1.29 bits per heavy atom. The molecule has 2 aliphatic rings. The van der Waals surface area contributed by atoms with Crippen molar-refractivity contribution in [2.75, 3.05) is 23.0 Å². The number of halogens is 1. The normalized spacial score (nSPS) is 22.6. The van der Waals surface area contributed by atoms with Crippen LogP contribution in [0.15, 0.2) is 22.7 Å². The summed E-state index contributed by atoms with van der Waals surface area (Å²) in [6.07, 6.45) is 1.69. The van der Waals surface area contributed by atoms with Crippen LogP contribution in [0.5, 0.6) is 0 Å². The second-order valence-electron chi connectivity index (χ2n) is 5.85. The number of benzene rings is 1. The molecule has 0 unspecified atom stereocenters. The van der Waals surface area contributed by atoms with Crippen LogP contribution in [-0.4, -0.2) is 32.4 Å². The number of sulfone groups is 1. The second-order valence-corrected chi connectivity index (χ2v) is 9.07. The van der Waals surface area contributed by atoms with E-state index in [4.69, 9.17) is 0 Å². The highest BCUT2D eigenvalue weighted by atomic mass is 79.9. The lowest BCUT2D eigenvalue weighted by molar-refractivity contribution is -0.123. The maximum Gasteiger partial charge on any atom is 0.237 e. The summed E-state index contributed by atoms with van der Waals surface area (Å²) in [6.45, 7) is 2.73. The molecular formula is C15H18BrNO3S. The molecule has 1 aromatic rings. The largest absolute Gasteiger partial charge is 0.311 e. The van der Waals surface area contributed by atoms with Crippen molar-refractivity contribution >= 4 is 37.4 Å². The molecule has 2 aliphatic heterocycles. The lowest BCUT2D eigenvalue weighted by atomic mass is 9.76. The number of rotatable bonds is 2. The average molecular weight is 372 g/mol. The van der Waals surface area contributed by atoms with Gasteiger partial charge in [-0.2, -0.15) is 0 Å². The molecule has 1 aromatic carbocycles. The summed E-state index contributed by atoms with van der Waals surface area (Å²) in [5, 5.41) is 0. The minimum Gasteiger partial charge on any atom is -0.311 e. The lowest BCUT2D eigenvalue weighted by Gasteiger charge is -2.32. The number of anilines is 1. The van der Waals surface area contributed by atoms with Crippen molar-refractivity contribution in [1.82, 2.24) is 0 Å². The fourth-order valence-corrected chi connectivity index (χ4v) is 5.31. The van der Waals surface area contributed by atoms with Gasteiger partial charge < -0.3 is 4.90 Å². The molecule has 0 N–H and O–H groups in total. The lowest BCUT2D eigenvalue weighted by Crippen LogP contribution is -2.45. The van der Waals surface area contributed by atoms with Crippen LogP contribution in [0.2, 0.25) is 0 Å². The molecule has 1 spiro atoms. The zero-order valence-electron chi connectivity index (χ0n) is 11.9. The quantitative estimate of drug-likeness (QED) is 0.802. The number of hydrogen-bond acceptors (Lipinski definition) is 3. The van der Waals surface area contributed by atoms with E-state index in [-0.39, 0.29) is 17.4 Å². The minimum absolute atomic E-state index is 0.0763. The van der Waals surface area contributed by atoms with E-state index in [1.54, 1.807) is 0 Å². The smallest absolute Gasteiger partial charge is 0.237 e. The molecule has 1 saturated heterocycles. The highest BCUT2D eigenvalue weighted by molar-refractivity contribution is 9.10. The van der Waals surface area contributed by atoms with Crippen molar-refractivity contribution < 1.29 is 13.2 Å². The average Bonchev–Trinajstić information content (AvgIpc) is 2.65. The molecule has 0 aliphatic carbocycles. The summed E-state index contributed by atoms with van der Waals surface area (Å²) in [4.78, 5) is 14.8. The monoisotopic (exact) mass is 371 g/mol. The van der Waals surface area contributed by atoms with Crippen molar-refractivity contribution in [3.05, 3.63) is 28.2 Å². The van der Waals surface area contributed by atoms with Crippen molar-refractivity contribution in [2.45, 2.75) is 31.6 Å². The van der Waals surface area contributed by atoms with E-state index < -0.39 is 15.3 Å². The topological polar surface area (TPSA) is 54.5 Å². The maximum absolute atomic E-state index is 13.0. The van der Waals surface area contributed by atoms with Gasteiger partial charge in [-0.1, -0.05) is 22.9 Å². The summed E-state index contributed by atoms with van der Waals surface area (Å²) in [5.41, 5.74) is 1.30. The van der Waals surface area contributed by atoms with Gasteiger partial charge in [0.25, 0.3) is 0 Å². The number of nitrogens with zero attached hydrogens (tertiary/aromatic N) is 1. The highest BCUT2D eigenvalue weighted by Crippen LogP contribution is 2.49. The van der Waals surface area contributed by atoms with Gasteiger partial charge in [0, 0.05) is 16.7 Å². The summed E-state index contributed by atoms with van der Waals surface area (Å²) < 4.78 is 24.4. The van der Waals surface area contributed by atoms with Crippen LogP contribution in [0.25, 0.3) is 0 Å². The van der Waals surface area contributed by atoms with Crippen LogP contribution in [0.1, 0.15) is 31.7 Å². The molecule has 1 amide bonds. The Morgan fingerprint density at radius 3 is 2.57 bits per heavy atom. The highest BCUT2D eigenvalue weighted by Gasteiger charge is 2.52. The Kier molecular flexibility index (Phi) is 3.64. The van der Waals surface area contributed by atoms with Gasteiger partial charge in [0.1, 0.15) is 9.84 Å². The van der Waals surface area contributed by atoms with E-state index in [9.17, 15) is 13.2 Å². The molecule has 2 heterocycles. The van der Waals surface area contributed by atoms with Gasteiger partial charge in [-0.15, -0.1) is 0 Å². The Balaban J connectivity index is 2.10. The molecule has 21 heavy (non-hydrogen) atoms. The Hall–Kier alpha value is -0.880. The van der Waals surface area contributed by atoms with Crippen molar-refractivity contribution in [2.24, 2.45) is 0 Å². The van der Waals surface area contributed by atoms with E-state index in [2.05, 4.69) is 15.9 Å². The van der Waals surface area contributed by atoms with Crippen LogP contribution >= 0.6 is 15.9 Å². The first-order chi connectivity index (χ1) is 9.89. The van der Waals surface area contributed by atoms with Gasteiger partial charge in [-0.25, -0.2) is 8.42 Å². The summed E-state index contributed by atoms with van der Waals surface area (Å²) in [7, 11) is -2.99. The predicted octanol–water partition coefficient (Wildman–Crippen LogP) is 2.65. The number of hydrogen-bond donors (Lipinski definition) is 0. The molecule has 0 aromatic heterocycles. The van der Waals surface area contributed by atoms with Crippen LogP contribution < -0.4 is 4.90 Å². The van der Waals surface area contributed by atoms with Crippen LogP contribution in [0.3, 0.4) is 0 Å². The van der Waals surface area contributed by atoms with E-state index in [0.717, 1.165) is 22.1 Å². The van der Waals surface area contributed by atoms with Crippen LogP contribution in [0, 0.1) is 0 Å². The fraction of sp³-hybridized carbons (Fsp3) is 0.533. The van der Waals surface area contributed by atoms with Gasteiger partial charge >= 0.3 is 0 Å². The molecule has 0 bridgehead atoms. The standard InChI is InChI=1S/C15H18BrNO3S/c1-2-7-17-13-4-3-11(16)10-12(13)15(14(17)18)5-8-21(19,20)9-6-15/h3-4,10H,2,5-9H2,1H3. The zero-order valence-corrected chi connectivity index (χ0v) is 14.3. The third kappa shape index (κ3) is 2.32. The van der Waals surface area contributed by atoms with Gasteiger partial charge in [0.2, 0.25) is 5.91 Å². The third-order valence-electron chi connectivity index (χ3n) is 4.55. The molecule has 1 fully saturated rings. The van der Waals surface area contributed by atoms with Crippen LogP contribution in [-0.2, 0) is 20.0 Å². The van der Waals surface area contributed by atoms with E-state index >= 15 is 0 Å². The molecule has 0 saturated carbocycles. The first kappa shape index (κ1) is 15.0. The van der Waals surface area contributed by atoms with Crippen molar-refractivity contribution in [3.63, 3.8) is 0 Å². The van der Waals surface area contributed by atoms with E-state index in [1.165, 1.54) is 0 Å². The third-order valence-corrected chi connectivity index (χ3v) is 6.69. The first-order valence-electron chi connectivity index (χ1n) is 7.22. The van der Waals surface area contributed by atoms with Crippen molar-refractivity contribution in [3.8, 4) is 0 Å². The summed E-state index contributed by atoms with van der Waals surface area (Å²) in [5.74, 6) is 0.280. The Morgan fingerprint density at radius 2 is 1.95 bits per heavy atom. The molecular weight excluding hydrogens is 354 g/mol. The van der Waals surface area contributed by atoms with Gasteiger partial charge in [-0.05, 0) is 43.0 Å². The minimum atomic E-state index is -2.99. The Labute approximate surface area is 133 Å². The molecule has 3 rings (SSSR count). The molecule has 4 nitrogen and oxygen atoms in total. The molecule has 6 heteroatoms. The summed E-state index contributed by atoms with van der Waals surface area (Å²) in [6, 6.07) is 5.89. The first-order valence-corrected chi connectivity index (χ1v) is 9.83. The van der Waals surface area contributed by atoms with Gasteiger partial charge in [0.05, 0.1) is 16.9 Å². The maximum atomic E-state index is 13.0.